The molecule has 5 heteroatoms. The molecule has 0 aliphatic rings. The van der Waals surface area contributed by atoms with Crippen molar-refractivity contribution in [2.75, 3.05) is 0 Å². The average Bonchev–Trinajstić information content (AvgIpc) is 2.73. The summed E-state index contributed by atoms with van der Waals surface area (Å²) in [6, 6.07) is 2.81. The number of amides is 1. The molecule has 0 saturated carbocycles. The molecule has 1 heterocycles. The van der Waals surface area contributed by atoms with Crippen LogP contribution in [-0.2, 0) is 11.2 Å². The van der Waals surface area contributed by atoms with Gasteiger partial charge in [-0.15, -0.1) is 11.3 Å². The highest BCUT2D eigenvalue weighted by atomic mass is 32.1. The largest absolute Gasteiger partial charge is 0.480 e. The van der Waals surface area contributed by atoms with Crippen LogP contribution in [0.25, 0.3) is 0 Å². The van der Waals surface area contributed by atoms with Crippen LogP contribution in [0.15, 0.2) is 12.1 Å². The van der Waals surface area contributed by atoms with Gasteiger partial charge in [-0.2, -0.15) is 0 Å². The van der Waals surface area contributed by atoms with Crippen molar-refractivity contribution in [1.82, 2.24) is 5.32 Å². The maximum Gasteiger partial charge on any atom is 0.326 e. The van der Waals surface area contributed by atoms with Crippen LogP contribution in [0.1, 0.15) is 34.8 Å². The molecular weight excluding hydrogens is 226 g/mol. The molecule has 1 aromatic heterocycles. The van der Waals surface area contributed by atoms with Crippen LogP contribution in [0, 0.1) is 0 Å². The third-order valence-electron chi connectivity index (χ3n) is 2.25. The second-order valence-electron chi connectivity index (χ2n) is 3.39. The number of carbonyl (C=O) groups is 2. The second-order valence-corrected chi connectivity index (χ2v) is 4.56. The fourth-order valence-electron chi connectivity index (χ4n) is 1.26. The van der Waals surface area contributed by atoms with Crippen molar-refractivity contribution < 1.29 is 14.7 Å². The molecule has 0 spiro atoms. The van der Waals surface area contributed by atoms with E-state index in [4.69, 9.17) is 5.11 Å². The van der Waals surface area contributed by atoms with Crippen LogP contribution < -0.4 is 5.32 Å². The molecule has 1 atom stereocenters. The highest BCUT2D eigenvalue weighted by Crippen LogP contribution is 2.16. The second kappa shape index (κ2) is 5.65. The molecule has 0 bridgehead atoms. The minimum absolute atomic E-state index is 0.307. The Morgan fingerprint density at radius 3 is 2.56 bits per heavy atom. The van der Waals surface area contributed by atoms with Crippen molar-refractivity contribution in [3.05, 3.63) is 21.9 Å². The van der Waals surface area contributed by atoms with E-state index in [1.165, 1.54) is 11.3 Å². The van der Waals surface area contributed by atoms with Crippen LogP contribution in [0.3, 0.4) is 0 Å². The van der Waals surface area contributed by atoms with Gasteiger partial charge in [0.1, 0.15) is 6.04 Å². The fourth-order valence-corrected chi connectivity index (χ4v) is 2.11. The van der Waals surface area contributed by atoms with Crippen LogP contribution in [0.5, 0.6) is 0 Å². The lowest BCUT2D eigenvalue weighted by Gasteiger charge is -2.10. The Balaban J connectivity index is 2.67. The molecule has 0 aliphatic heterocycles. The molecule has 1 unspecified atom stereocenters. The minimum Gasteiger partial charge on any atom is -0.480 e. The molecule has 2 N–H and O–H groups in total. The van der Waals surface area contributed by atoms with Crippen molar-refractivity contribution in [3.8, 4) is 0 Å². The predicted molar refractivity (Wildman–Crippen MR) is 62.9 cm³/mol. The topological polar surface area (TPSA) is 66.4 Å². The van der Waals surface area contributed by atoms with Crippen LogP contribution in [0.4, 0.5) is 0 Å². The van der Waals surface area contributed by atoms with Crippen LogP contribution in [0.2, 0.25) is 0 Å². The number of nitrogens with one attached hydrogen (secondary N) is 1. The van der Waals surface area contributed by atoms with Gasteiger partial charge in [-0.25, -0.2) is 4.79 Å². The summed E-state index contributed by atoms with van der Waals surface area (Å²) in [4.78, 5) is 24.1. The molecule has 1 aromatic rings. The van der Waals surface area contributed by atoms with Gasteiger partial charge in [-0.1, -0.05) is 13.8 Å². The lowest BCUT2D eigenvalue weighted by atomic mass is 10.2. The number of aliphatic carboxylic acids is 1. The molecule has 0 aliphatic carbocycles. The van der Waals surface area contributed by atoms with E-state index in [9.17, 15) is 9.59 Å². The molecule has 4 nitrogen and oxygen atoms in total. The third-order valence-corrected chi connectivity index (χ3v) is 3.47. The van der Waals surface area contributed by atoms with Gasteiger partial charge in [0.25, 0.3) is 5.91 Å². The number of aryl methyl sites for hydroxylation is 1. The van der Waals surface area contributed by atoms with Crippen molar-refractivity contribution in [1.29, 1.82) is 0 Å². The van der Waals surface area contributed by atoms with Crippen molar-refractivity contribution in [3.63, 3.8) is 0 Å². The molecule has 1 rings (SSSR count). The Labute approximate surface area is 98.3 Å². The predicted octanol–water partition coefficient (Wildman–Crippen LogP) is 1.90. The zero-order chi connectivity index (χ0) is 12.1. The first kappa shape index (κ1) is 12.7. The first-order valence-corrected chi connectivity index (χ1v) is 6.02. The maximum absolute atomic E-state index is 11.7. The highest BCUT2D eigenvalue weighted by Gasteiger charge is 2.19. The number of thiophene rings is 1. The Morgan fingerprint density at radius 1 is 1.44 bits per heavy atom. The van der Waals surface area contributed by atoms with E-state index < -0.39 is 12.0 Å². The van der Waals surface area contributed by atoms with Gasteiger partial charge in [-0.05, 0) is 25.0 Å². The first-order chi connectivity index (χ1) is 7.58. The standard InChI is InChI=1S/C11H15NO3S/c1-3-7-5-6-9(16-7)10(13)12-8(4-2)11(14)15/h5-6,8H,3-4H2,1-2H3,(H,12,13)(H,14,15). The van der Waals surface area contributed by atoms with E-state index in [0.29, 0.717) is 11.3 Å². The summed E-state index contributed by atoms with van der Waals surface area (Å²) in [5.41, 5.74) is 0. The quantitative estimate of drug-likeness (QED) is 0.827. The van der Waals surface area contributed by atoms with Gasteiger partial charge in [0.2, 0.25) is 0 Å². The van der Waals surface area contributed by atoms with E-state index in [1.54, 1.807) is 13.0 Å². The fraction of sp³-hybridized carbons (Fsp3) is 0.455. The Bertz CT molecular complexity index is 386. The number of hydrogen-bond donors (Lipinski definition) is 2. The van der Waals surface area contributed by atoms with E-state index in [2.05, 4.69) is 5.32 Å². The number of rotatable bonds is 5. The molecule has 0 radical (unpaired) electrons. The normalized spacial score (nSPS) is 12.1. The summed E-state index contributed by atoms with van der Waals surface area (Å²) < 4.78 is 0. The SMILES string of the molecule is CCc1ccc(C(=O)NC(CC)C(=O)O)s1. The van der Waals surface area contributed by atoms with Gasteiger partial charge < -0.3 is 10.4 Å². The number of carbonyl (C=O) groups excluding carboxylic acids is 1. The molecule has 0 fully saturated rings. The molecule has 0 saturated heterocycles. The first-order valence-electron chi connectivity index (χ1n) is 5.20. The summed E-state index contributed by atoms with van der Waals surface area (Å²) in [7, 11) is 0. The Kier molecular flexibility index (Phi) is 4.49. The minimum atomic E-state index is -0.997. The summed E-state index contributed by atoms with van der Waals surface area (Å²) in [6.45, 7) is 3.74. The van der Waals surface area contributed by atoms with Gasteiger partial charge >= 0.3 is 5.97 Å². The van der Waals surface area contributed by atoms with E-state index in [0.717, 1.165) is 11.3 Å². The molecular formula is C11H15NO3S. The molecule has 88 valence electrons. The molecule has 1 amide bonds. The van der Waals surface area contributed by atoms with Gasteiger partial charge in [-0.3, -0.25) is 4.79 Å². The average molecular weight is 241 g/mol. The van der Waals surface area contributed by atoms with Crippen LogP contribution in [-0.4, -0.2) is 23.0 Å². The monoisotopic (exact) mass is 241 g/mol. The number of carboxylic acids is 1. The third kappa shape index (κ3) is 3.06. The Hall–Kier alpha value is -1.36. The van der Waals surface area contributed by atoms with Gasteiger partial charge in [0, 0.05) is 4.88 Å². The van der Waals surface area contributed by atoms with Crippen molar-refractivity contribution in [2.45, 2.75) is 32.7 Å². The number of carboxylic acid groups (broad SMARTS) is 1. The summed E-state index contributed by atoms with van der Waals surface area (Å²) in [5.74, 6) is -1.30. The molecule has 0 aromatic carbocycles. The van der Waals surface area contributed by atoms with E-state index >= 15 is 0 Å². The number of hydrogen-bond acceptors (Lipinski definition) is 3. The Morgan fingerprint density at radius 2 is 2.12 bits per heavy atom. The van der Waals surface area contributed by atoms with Gasteiger partial charge in [0.05, 0.1) is 4.88 Å². The van der Waals surface area contributed by atoms with E-state index in [-0.39, 0.29) is 5.91 Å². The lowest BCUT2D eigenvalue weighted by molar-refractivity contribution is -0.139. The van der Waals surface area contributed by atoms with Crippen molar-refractivity contribution in [2.24, 2.45) is 0 Å². The maximum atomic E-state index is 11.7. The summed E-state index contributed by atoms with van der Waals surface area (Å²) >= 11 is 1.40. The summed E-state index contributed by atoms with van der Waals surface area (Å²) in [5, 5.41) is 11.3. The van der Waals surface area contributed by atoms with Crippen LogP contribution >= 0.6 is 11.3 Å². The zero-order valence-corrected chi connectivity index (χ0v) is 10.1. The smallest absolute Gasteiger partial charge is 0.326 e. The van der Waals surface area contributed by atoms with E-state index in [1.807, 2.05) is 13.0 Å². The van der Waals surface area contributed by atoms with Gasteiger partial charge in [0.15, 0.2) is 0 Å². The zero-order valence-electron chi connectivity index (χ0n) is 9.32. The lowest BCUT2D eigenvalue weighted by Crippen LogP contribution is -2.39. The molecule has 16 heavy (non-hydrogen) atoms. The highest BCUT2D eigenvalue weighted by molar-refractivity contribution is 7.14. The van der Waals surface area contributed by atoms with Crippen molar-refractivity contribution >= 4 is 23.2 Å². The summed E-state index contributed by atoms with van der Waals surface area (Å²) in [6.07, 6.45) is 1.27.